The average Bonchev–Trinajstić information content (AvgIpc) is 2.93. The van der Waals surface area contributed by atoms with Crippen molar-refractivity contribution in [2.24, 2.45) is 0 Å². The first kappa shape index (κ1) is 61.2. The van der Waals surface area contributed by atoms with Crippen molar-refractivity contribution < 1.29 is 44.0 Å². The van der Waals surface area contributed by atoms with Gasteiger partial charge in [-0.05, 0) is 67.4 Å². The molecule has 0 aliphatic heterocycles. The highest BCUT2D eigenvalue weighted by Gasteiger charge is 2.42. The topological polar surface area (TPSA) is 182 Å². The Hall–Kier alpha value is -0.120. The van der Waals surface area contributed by atoms with Crippen LogP contribution in [0.2, 0.25) is 0 Å². The molecule has 9 N–H and O–H groups in total. The average molecular weight is 916 g/mol. The van der Waals surface area contributed by atoms with E-state index >= 15 is 0 Å². The second-order valence-corrected chi connectivity index (χ2v) is 25.3. The minimum Gasteiger partial charge on any atom is -0.189 e. The van der Waals surface area contributed by atoms with Gasteiger partial charge >= 0.3 is 23.8 Å². The summed E-state index contributed by atoms with van der Waals surface area (Å²) in [6.45, 7) is 36.9. The monoisotopic (exact) mass is 915 g/mol. The predicted octanol–water partition coefficient (Wildman–Crippen LogP) is 8.11. The molecular weight excluding hydrogens is 834 g/mol. The van der Waals surface area contributed by atoms with Crippen molar-refractivity contribution in [2.45, 2.75) is 157 Å². The SMILES string of the molecule is CC(C)(C)c1ccc([P+](O)(O)O)c(C(C)(C)C)c1.CC(C)(C)c1ccc([P+](O)(O)O)c(C(C)(C)C)c1.CC(C)(C)c1ccc([P+](O)(O)O)c(C(C)(C)C)c1.P.P.P. The summed E-state index contributed by atoms with van der Waals surface area (Å²) in [6, 6.07) is 16.3. The molecule has 9 nitrogen and oxygen atoms in total. The Labute approximate surface area is 357 Å². The zero-order chi connectivity index (χ0) is 43.1. The Morgan fingerprint density at radius 1 is 0.281 bits per heavy atom. The third-order valence-electron chi connectivity index (χ3n) is 8.98. The summed E-state index contributed by atoms with van der Waals surface area (Å²) in [5, 5.41) is 0.758. The molecule has 15 heteroatoms. The number of rotatable bonds is 3. The van der Waals surface area contributed by atoms with E-state index in [9.17, 15) is 44.0 Å². The third kappa shape index (κ3) is 18.8. The zero-order valence-electron chi connectivity index (χ0n) is 38.2. The molecule has 3 aromatic rings. The summed E-state index contributed by atoms with van der Waals surface area (Å²) >= 11 is 0. The van der Waals surface area contributed by atoms with Gasteiger partial charge in [-0.3, -0.25) is 0 Å². The van der Waals surface area contributed by atoms with E-state index in [0.29, 0.717) is 0 Å². The summed E-state index contributed by atoms with van der Waals surface area (Å²) in [5.74, 6) is 0. The van der Waals surface area contributed by atoms with Gasteiger partial charge in [-0.25, -0.2) is 0 Å². The van der Waals surface area contributed by atoms with Crippen LogP contribution < -0.4 is 15.9 Å². The van der Waals surface area contributed by atoms with Gasteiger partial charge in [0.25, 0.3) is 0 Å². The van der Waals surface area contributed by atoms with Gasteiger partial charge in [0.05, 0.1) is 0 Å². The summed E-state index contributed by atoms with van der Waals surface area (Å²) in [6.07, 6.45) is 0. The molecule has 0 bridgehead atoms. The van der Waals surface area contributed by atoms with Crippen molar-refractivity contribution in [3.8, 4) is 0 Å². The lowest BCUT2D eigenvalue weighted by atomic mass is 9.81. The Balaban J connectivity index is -0.000000748. The van der Waals surface area contributed by atoms with Gasteiger partial charge in [0.2, 0.25) is 0 Å². The first-order valence-corrected chi connectivity index (χ1v) is 23.1. The molecule has 0 aliphatic rings. The molecular formula is C42H81O9P6+3. The van der Waals surface area contributed by atoms with Crippen molar-refractivity contribution in [2.75, 3.05) is 0 Å². The van der Waals surface area contributed by atoms with Crippen LogP contribution in [0.25, 0.3) is 0 Å². The molecule has 57 heavy (non-hydrogen) atoms. The highest BCUT2D eigenvalue weighted by Crippen LogP contribution is 2.48. The highest BCUT2D eigenvalue weighted by molar-refractivity contribution is 7.67. The maximum Gasteiger partial charge on any atom is 0.441 e. The lowest BCUT2D eigenvalue weighted by Crippen LogP contribution is -2.26. The van der Waals surface area contributed by atoms with Gasteiger partial charge in [-0.2, -0.15) is 73.7 Å². The molecule has 3 aromatic carbocycles. The summed E-state index contributed by atoms with van der Waals surface area (Å²) < 4.78 is 0. The first-order chi connectivity index (χ1) is 23.5. The van der Waals surface area contributed by atoms with Crippen molar-refractivity contribution in [1.82, 2.24) is 0 Å². The van der Waals surface area contributed by atoms with Crippen LogP contribution in [0.15, 0.2) is 54.6 Å². The Bertz CT molecular complexity index is 1520. The Morgan fingerprint density at radius 3 is 0.544 bits per heavy atom. The van der Waals surface area contributed by atoms with Crippen molar-refractivity contribution in [3.05, 3.63) is 88.0 Å². The molecule has 0 radical (unpaired) electrons. The van der Waals surface area contributed by atoms with Crippen LogP contribution in [0.3, 0.4) is 0 Å². The van der Waals surface area contributed by atoms with Gasteiger partial charge in [0.15, 0.2) is 15.9 Å². The van der Waals surface area contributed by atoms with Crippen LogP contribution in [0.1, 0.15) is 158 Å². The number of hydrogen-bond donors (Lipinski definition) is 9. The molecule has 3 atom stereocenters. The quantitative estimate of drug-likeness (QED) is 0.117. The molecule has 3 unspecified atom stereocenters. The fourth-order valence-electron chi connectivity index (χ4n) is 5.59. The van der Waals surface area contributed by atoms with Gasteiger partial charge in [0, 0.05) is 16.7 Å². The summed E-state index contributed by atoms with van der Waals surface area (Å²) in [4.78, 5) is 85.9. The molecule has 0 spiro atoms. The third-order valence-corrected chi connectivity index (χ3v) is 12.1. The van der Waals surface area contributed by atoms with Crippen LogP contribution in [0, 0.1) is 0 Å². The predicted molar refractivity (Wildman–Crippen MR) is 264 cm³/mol. The van der Waals surface area contributed by atoms with Crippen LogP contribution in [0.4, 0.5) is 0 Å². The fraction of sp³-hybridized carbons (Fsp3) is 0.571. The van der Waals surface area contributed by atoms with Gasteiger partial charge in [-0.1, -0.05) is 161 Å². The largest absolute Gasteiger partial charge is 0.441 e. The zero-order valence-corrected chi connectivity index (χ0v) is 45.1. The normalized spacial score (nSPS) is 13.1. The van der Waals surface area contributed by atoms with Crippen molar-refractivity contribution in [1.29, 1.82) is 0 Å². The molecule has 0 aromatic heterocycles. The smallest absolute Gasteiger partial charge is 0.189 e. The molecule has 0 amide bonds. The summed E-state index contributed by atoms with van der Waals surface area (Å²) in [5.41, 5.74) is 4.91. The second-order valence-electron chi connectivity index (χ2n) is 20.4. The van der Waals surface area contributed by atoms with E-state index in [-0.39, 0.29) is 78.1 Å². The minimum absolute atomic E-state index is 0. The molecule has 0 fully saturated rings. The van der Waals surface area contributed by atoms with Crippen LogP contribution in [-0.4, -0.2) is 44.0 Å². The standard InChI is InChI=1S/3C14H24O3P.3H3P/c3*1-13(2,3)10-7-8-12(18(15,16)17)11(9-10)14(4,5)6;;;/h3*7-9,15-17H,1-6H3;3*1H3/q3*+1;;;. The fourth-order valence-corrected chi connectivity index (χ4v) is 8.59. The Morgan fingerprint density at radius 2 is 0.439 bits per heavy atom. The molecule has 0 saturated carbocycles. The first-order valence-electron chi connectivity index (χ1n) is 18.2. The van der Waals surface area contributed by atoms with E-state index in [4.69, 9.17) is 0 Å². The van der Waals surface area contributed by atoms with E-state index in [1.54, 1.807) is 18.2 Å². The van der Waals surface area contributed by atoms with Gasteiger partial charge in [-0.15, -0.1) is 0 Å². The highest BCUT2D eigenvalue weighted by atomic mass is 31.2. The van der Waals surface area contributed by atoms with E-state index in [1.807, 2.05) is 98.7 Å². The molecule has 0 heterocycles. The van der Waals surface area contributed by atoms with E-state index in [0.717, 1.165) is 33.4 Å². The summed E-state index contributed by atoms with van der Waals surface area (Å²) in [7, 11) is -11.9. The van der Waals surface area contributed by atoms with Crippen LogP contribution in [-0.2, 0) is 32.5 Å². The lowest BCUT2D eigenvalue weighted by molar-refractivity contribution is 0.344. The van der Waals surface area contributed by atoms with Crippen molar-refractivity contribution >= 4 is 69.4 Å². The molecule has 3 rings (SSSR count). The van der Waals surface area contributed by atoms with Crippen LogP contribution in [0.5, 0.6) is 0 Å². The van der Waals surface area contributed by atoms with Crippen molar-refractivity contribution in [3.63, 3.8) is 0 Å². The maximum absolute atomic E-state index is 9.55. The van der Waals surface area contributed by atoms with Gasteiger partial charge < -0.3 is 0 Å². The second kappa shape index (κ2) is 20.8. The molecule has 330 valence electrons. The Kier molecular flexibility index (Phi) is 22.4. The number of hydrogen-bond acceptors (Lipinski definition) is 9. The maximum atomic E-state index is 9.55. The molecule has 0 saturated heterocycles. The lowest BCUT2D eigenvalue weighted by Gasteiger charge is -2.26. The minimum atomic E-state index is -3.97. The van der Waals surface area contributed by atoms with E-state index in [1.165, 1.54) is 0 Å². The van der Waals surface area contributed by atoms with E-state index < -0.39 is 23.8 Å². The molecule has 0 aliphatic carbocycles. The van der Waals surface area contributed by atoms with Gasteiger partial charge in [0.1, 0.15) is 0 Å². The number of benzene rings is 3. The van der Waals surface area contributed by atoms with Crippen LogP contribution >= 0.6 is 53.5 Å². The van der Waals surface area contributed by atoms with E-state index in [2.05, 4.69) is 62.3 Å².